The molecule has 0 spiro atoms. The van der Waals surface area contributed by atoms with Crippen LogP contribution in [-0.4, -0.2) is 37.9 Å². The first-order valence-corrected chi connectivity index (χ1v) is 24.8. The molecular formula is C55H92O5. The Morgan fingerprint density at radius 3 is 1.33 bits per heavy atom. The van der Waals surface area contributed by atoms with Gasteiger partial charge in [-0.2, -0.15) is 0 Å². The lowest BCUT2D eigenvalue weighted by atomic mass is 10.1. The molecule has 0 aromatic heterocycles. The highest BCUT2D eigenvalue weighted by atomic mass is 16.6. The summed E-state index contributed by atoms with van der Waals surface area (Å²) in [6.45, 7) is 7.51. The van der Waals surface area contributed by atoms with E-state index in [1.54, 1.807) is 0 Å². The monoisotopic (exact) mass is 833 g/mol. The fourth-order valence-corrected chi connectivity index (χ4v) is 6.41. The highest BCUT2D eigenvalue weighted by Crippen LogP contribution is 2.12. The number of hydrogen-bond donors (Lipinski definition) is 0. The molecule has 342 valence electrons. The van der Waals surface area contributed by atoms with E-state index >= 15 is 0 Å². The molecule has 0 rings (SSSR count). The lowest BCUT2D eigenvalue weighted by molar-refractivity contribution is -0.162. The molecule has 0 heterocycles. The maximum Gasteiger partial charge on any atom is 0.306 e. The standard InChI is InChI=1S/C55H92O5/c1-4-7-10-13-16-19-22-25-26-27-28-29-32-35-38-41-44-47-50-58-51-53(60-55(57)49-46-43-40-37-34-31-24-21-18-15-12-9-6-3)52-59-54(56)48-45-42-39-36-33-30-23-20-17-14-11-8-5-2/h8,11-12,15-17,19-21,24-26,30,33,39,42,53H,4-7,9-10,13-14,18,22-23,27-29,31-32,34-38,40-41,43-52H2,1-3H3/b11-8-,15-12-,19-16-,20-17-,24-21-,26-25-,33-30-,42-39-. The third kappa shape index (κ3) is 47.5. The summed E-state index contributed by atoms with van der Waals surface area (Å²) in [5.74, 6) is -0.515. The Bertz CT molecular complexity index is 1170. The van der Waals surface area contributed by atoms with Gasteiger partial charge in [0.25, 0.3) is 0 Å². The van der Waals surface area contributed by atoms with Crippen LogP contribution in [-0.2, 0) is 23.8 Å². The topological polar surface area (TPSA) is 61.8 Å². The first-order valence-electron chi connectivity index (χ1n) is 24.8. The van der Waals surface area contributed by atoms with Gasteiger partial charge in [0.15, 0.2) is 6.10 Å². The van der Waals surface area contributed by atoms with Crippen molar-refractivity contribution in [3.8, 4) is 0 Å². The SMILES string of the molecule is CC/C=C\C/C=C\C/C=C\C/C=C\CCC(=O)OCC(COCCCCCCCCCC/C=C\C/C=C\CCCCC)OC(=O)CCCCCCC/C=C\C/C=C\CCC. The van der Waals surface area contributed by atoms with Gasteiger partial charge in [-0.15, -0.1) is 0 Å². The van der Waals surface area contributed by atoms with E-state index in [-0.39, 0.29) is 25.2 Å². The van der Waals surface area contributed by atoms with Crippen molar-refractivity contribution >= 4 is 11.9 Å². The van der Waals surface area contributed by atoms with Gasteiger partial charge in [0.2, 0.25) is 0 Å². The second-order valence-electron chi connectivity index (χ2n) is 16.0. The lowest BCUT2D eigenvalue weighted by Gasteiger charge is -2.18. The molecule has 0 aromatic rings. The van der Waals surface area contributed by atoms with Crippen LogP contribution in [0.15, 0.2) is 97.2 Å². The summed E-state index contributed by atoms with van der Waals surface area (Å²) in [6.07, 6.45) is 67.1. The highest BCUT2D eigenvalue weighted by molar-refractivity contribution is 5.70. The minimum absolute atomic E-state index is 0.0344. The number of carbonyl (C=O) groups excluding carboxylic acids is 2. The molecule has 1 unspecified atom stereocenters. The molecule has 0 radical (unpaired) electrons. The van der Waals surface area contributed by atoms with Gasteiger partial charge in [-0.25, -0.2) is 0 Å². The van der Waals surface area contributed by atoms with Gasteiger partial charge in [-0.1, -0.05) is 195 Å². The van der Waals surface area contributed by atoms with Crippen molar-refractivity contribution in [1.82, 2.24) is 0 Å². The van der Waals surface area contributed by atoms with Crippen molar-refractivity contribution < 1.29 is 23.8 Å². The first-order chi connectivity index (χ1) is 29.6. The number of hydrogen-bond acceptors (Lipinski definition) is 5. The zero-order valence-electron chi connectivity index (χ0n) is 39.2. The Labute approximate surface area is 371 Å². The number of esters is 2. The zero-order chi connectivity index (χ0) is 43.5. The van der Waals surface area contributed by atoms with E-state index < -0.39 is 6.10 Å². The van der Waals surface area contributed by atoms with E-state index in [0.29, 0.717) is 25.9 Å². The van der Waals surface area contributed by atoms with E-state index in [1.807, 2.05) is 6.08 Å². The predicted octanol–water partition coefficient (Wildman–Crippen LogP) is 16.7. The van der Waals surface area contributed by atoms with E-state index in [9.17, 15) is 9.59 Å². The number of allylic oxidation sites excluding steroid dienone is 16. The molecule has 0 amide bonds. The summed E-state index contributed by atoms with van der Waals surface area (Å²) in [4.78, 5) is 25.3. The van der Waals surface area contributed by atoms with Gasteiger partial charge in [-0.3, -0.25) is 9.59 Å². The smallest absolute Gasteiger partial charge is 0.306 e. The summed E-state index contributed by atoms with van der Waals surface area (Å²) in [5.41, 5.74) is 0. The van der Waals surface area contributed by atoms with Gasteiger partial charge < -0.3 is 14.2 Å². The van der Waals surface area contributed by atoms with Gasteiger partial charge in [0.1, 0.15) is 6.61 Å². The molecule has 0 aliphatic heterocycles. The quantitative estimate of drug-likeness (QED) is 0.0348. The minimum atomic E-state index is -0.579. The summed E-state index contributed by atoms with van der Waals surface area (Å²) in [5, 5.41) is 0. The van der Waals surface area contributed by atoms with Crippen LogP contribution < -0.4 is 0 Å². The summed E-state index contributed by atoms with van der Waals surface area (Å²) in [7, 11) is 0. The van der Waals surface area contributed by atoms with Gasteiger partial charge in [0.05, 0.1) is 6.61 Å². The Kier molecular flexibility index (Phi) is 47.5. The Morgan fingerprint density at radius 1 is 0.383 bits per heavy atom. The van der Waals surface area contributed by atoms with Crippen LogP contribution in [0, 0.1) is 0 Å². The summed E-state index contributed by atoms with van der Waals surface area (Å²) in [6, 6.07) is 0. The van der Waals surface area contributed by atoms with Crippen LogP contribution in [0.4, 0.5) is 0 Å². The van der Waals surface area contributed by atoms with Crippen molar-refractivity contribution in [1.29, 1.82) is 0 Å². The Balaban J connectivity index is 4.37. The highest BCUT2D eigenvalue weighted by Gasteiger charge is 2.17. The van der Waals surface area contributed by atoms with E-state index in [0.717, 1.165) is 83.5 Å². The lowest BCUT2D eigenvalue weighted by Crippen LogP contribution is -2.30. The molecule has 0 N–H and O–H groups in total. The molecule has 60 heavy (non-hydrogen) atoms. The molecule has 1 atom stereocenters. The average molecular weight is 833 g/mol. The summed E-state index contributed by atoms with van der Waals surface area (Å²) < 4.78 is 17.3. The van der Waals surface area contributed by atoms with Crippen LogP contribution in [0.1, 0.15) is 213 Å². The predicted molar refractivity (Wildman–Crippen MR) is 260 cm³/mol. The van der Waals surface area contributed by atoms with Crippen molar-refractivity contribution in [3.05, 3.63) is 97.2 Å². The molecule has 0 fully saturated rings. The molecule has 0 bridgehead atoms. The summed E-state index contributed by atoms with van der Waals surface area (Å²) >= 11 is 0. The van der Waals surface area contributed by atoms with Crippen LogP contribution in [0.5, 0.6) is 0 Å². The first kappa shape index (κ1) is 56.8. The van der Waals surface area contributed by atoms with Crippen LogP contribution >= 0.6 is 0 Å². The molecule has 5 nitrogen and oxygen atoms in total. The molecular weight excluding hydrogens is 741 g/mol. The van der Waals surface area contributed by atoms with Crippen molar-refractivity contribution in [2.45, 2.75) is 219 Å². The molecule has 0 aromatic carbocycles. The number of unbranched alkanes of at least 4 members (excludes halogenated alkanes) is 17. The van der Waals surface area contributed by atoms with E-state index in [2.05, 4.69) is 112 Å². The van der Waals surface area contributed by atoms with Gasteiger partial charge >= 0.3 is 11.9 Å². The zero-order valence-corrected chi connectivity index (χ0v) is 39.2. The Hall–Kier alpha value is -3.18. The van der Waals surface area contributed by atoms with Crippen molar-refractivity contribution in [3.63, 3.8) is 0 Å². The minimum Gasteiger partial charge on any atom is -0.462 e. The second-order valence-corrected chi connectivity index (χ2v) is 16.0. The molecule has 0 saturated heterocycles. The molecule has 0 aliphatic rings. The molecule has 5 heteroatoms. The largest absolute Gasteiger partial charge is 0.462 e. The van der Waals surface area contributed by atoms with Crippen molar-refractivity contribution in [2.75, 3.05) is 19.8 Å². The van der Waals surface area contributed by atoms with E-state index in [1.165, 1.54) is 89.9 Å². The van der Waals surface area contributed by atoms with E-state index in [4.69, 9.17) is 14.2 Å². The number of rotatable bonds is 44. The van der Waals surface area contributed by atoms with Crippen molar-refractivity contribution in [2.24, 2.45) is 0 Å². The number of ether oxygens (including phenoxy) is 3. The Morgan fingerprint density at radius 2 is 0.817 bits per heavy atom. The third-order valence-electron chi connectivity index (χ3n) is 10.1. The normalized spacial score (nSPS) is 13.1. The third-order valence-corrected chi connectivity index (χ3v) is 10.1. The maximum atomic E-state index is 12.8. The number of carbonyl (C=O) groups is 2. The molecule has 0 aliphatic carbocycles. The van der Waals surface area contributed by atoms with Crippen LogP contribution in [0.2, 0.25) is 0 Å². The van der Waals surface area contributed by atoms with Crippen LogP contribution in [0.3, 0.4) is 0 Å². The average Bonchev–Trinajstić information content (AvgIpc) is 3.25. The fraction of sp³-hybridized carbons (Fsp3) is 0.673. The fourth-order valence-electron chi connectivity index (χ4n) is 6.41. The molecule has 0 saturated carbocycles. The van der Waals surface area contributed by atoms with Crippen LogP contribution in [0.25, 0.3) is 0 Å². The maximum absolute atomic E-state index is 12.8. The van der Waals surface area contributed by atoms with Gasteiger partial charge in [-0.05, 0) is 103 Å². The second kappa shape index (κ2) is 50.2. The van der Waals surface area contributed by atoms with Gasteiger partial charge in [0, 0.05) is 19.4 Å².